The zero-order valence-electron chi connectivity index (χ0n) is 9.26. The Morgan fingerprint density at radius 1 is 1.38 bits per heavy atom. The summed E-state index contributed by atoms with van der Waals surface area (Å²) >= 11 is 0. The predicted molar refractivity (Wildman–Crippen MR) is 54.8 cm³/mol. The first-order valence-electron chi connectivity index (χ1n) is 4.83. The fourth-order valence-corrected chi connectivity index (χ4v) is 1.31. The van der Waals surface area contributed by atoms with E-state index in [4.69, 9.17) is 9.84 Å². The first-order chi connectivity index (χ1) is 5.99. The van der Waals surface area contributed by atoms with Gasteiger partial charge in [-0.3, -0.25) is 0 Å². The number of hydrogen-bond acceptors (Lipinski definition) is 3. The second-order valence-electron chi connectivity index (χ2n) is 4.59. The highest BCUT2D eigenvalue weighted by atomic mass is 16.5. The van der Waals surface area contributed by atoms with Crippen LogP contribution in [0.1, 0.15) is 27.2 Å². The lowest BCUT2D eigenvalue weighted by Crippen LogP contribution is -2.37. The van der Waals surface area contributed by atoms with Crippen molar-refractivity contribution < 1.29 is 9.84 Å². The van der Waals surface area contributed by atoms with Crippen LogP contribution in [0.3, 0.4) is 0 Å². The molecule has 0 aliphatic heterocycles. The standard InChI is InChI=1S/C10H23NO2/c1-10(2,3)7-9(8-12)11-5-6-13-4/h9,11-12H,5-8H2,1-4H3. The molecular weight excluding hydrogens is 166 g/mol. The number of nitrogens with one attached hydrogen (secondary N) is 1. The summed E-state index contributed by atoms with van der Waals surface area (Å²) < 4.78 is 4.92. The van der Waals surface area contributed by atoms with Crippen LogP contribution in [-0.4, -0.2) is 38.0 Å². The molecule has 0 saturated heterocycles. The highest BCUT2D eigenvalue weighted by Crippen LogP contribution is 2.20. The Labute approximate surface area is 81.5 Å². The maximum Gasteiger partial charge on any atom is 0.0587 e. The van der Waals surface area contributed by atoms with E-state index in [2.05, 4.69) is 26.1 Å². The van der Waals surface area contributed by atoms with Gasteiger partial charge in [0.2, 0.25) is 0 Å². The van der Waals surface area contributed by atoms with E-state index in [9.17, 15) is 0 Å². The minimum absolute atomic E-state index is 0.190. The third kappa shape index (κ3) is 8.22. The Balaban J connectivity index is 3.63. The summed E-state index contributed by atoms with van der Waals surface area (Å²) in [6.45, 7) is 8.22. The molecule has 13 heavy (non-hydrogen) atoms. The first-order valence-corrected chi connectivity index (χ1v) is 4.83. The Bertz CT molecular complexity index is 121. The molecular formula is C10H23NO2. The number of hydrogen-bond donors (Lipinski definition) is 2. The molecule has 0 saturated carbocycles. The van der Waals surface area contributed by atoms with E-state index in [1.807, 2.05) is 0 Å². The van der Waals surface area contributed by atoms with E-state index in [0.717, 1.165) is 13.0 Å². The van der Waals surface area contributed by atoms with Gasteiger partial charge in [-0.25, -0.2) is 0 Å². The predicted octanol–water partition coefficient (Wildman–Crippen LogP) is 1.02. The fraction of sp³-hybridized carbons (Fsp3) is 1.00. The van der Waals surface area contributed by atoms with Crippen molar-refractivity contribution in [1.29, 1.82) is 0 Å². The van der Waals surface area contributed by atoms with Crippen molar-refractivity contribution in [2.75, 3.05) is 26.9 Å². The summed E-state index contributed by atoms with van der Waals surface area (Å²) in [5, 5.41) is 12.3. The van der Waals surface area contributed by atoms with Gasteiger partial charge in [-0.15, -0.1) is 0 Å². The Morgan fingerprint density at radius 2 is 2.00 bits per heavy atom. The lowest BCUT2D eigenvalue weighted by Gasteiger charge is -2.25. The van der Waals surface area contributed by atoms with Crippen LogP contribution in [0.5, 0.6) is 0 Å². The molecule has 0 aromatic heterocycles. The van der Waals surface area contributed by atoms with Gasteiger partial charge in [0.25, 0.3) is 0 Å². The molecule has 2 N–H and O–H groups in total. The zero-order valence-corrected chi connectivity index (χ0v) is 9.26. The Morgan fingerprint density at radius 3 is 2.38 bits per heavy atom. The number of aliphatic hydroxyl groups excluding tert-OH is 1. The van der Waals surface area contributed by atoms with E-state index in [1.54, 1.807) is 7.11 Å². The van der Waals surface area contributed by atoms with Crippen molar-refractivity contribution in [2.24, 2.45) is 5.41 Å². The van der Waals surface area contributed by atoms with E-state index in [0.29, 0.717) is 6.61 Å². The number of aliphatic hydroxyl groups is 1. The lowest BCUT2D eigenvalue weighted by atomic mass is 9.88. The molecule has 0 aliphatic rings. The quantitative estimate of drug-likeness (QED) is 0.613. The van der Waals surface area contributed by atoms with Crippen molar-refractivity contribution >= 4 is 0 Å². The van der Waals surface area contributed by atoms with Crippen LogP contribution >= 0.6 is 0 Å². The van der Waals surface area contributed by atoms with E-state index in [1.165, 1.54) is 0 Å². The smallest absolute Gasteiger partial charge is 0.0587 e. The van der Waals surface area contributed by atoms with Gasteiger partial charge in [0.15, 0.2) is 0 Å². The largest absolute Gasteiger partial charge is 0.395 e. The molecule has 0 heterocycles. The highest BCUT2D eigenvalue weighted by Gasteiger charge is 2.17. The van der Waals surface area contributed by atoms with Gasteiger partial charge in [-0.05, 0) is 11.8 Å². The lowest BCUT2D eigenvalue weighted by molar-refractivity contribution is 0.167. The molecule has 80 valence electrons. The minimum Gasteiger partial charge on any atom is -0.395 e. The van der Waals surface area contributed by atoms with Gasteiger partial charge in [-0.2, -0.15) is 0 Å². The van der Waals surface area contributed by atoms with Gasteiger partial charge < -0.3 is 15.2 Å². The average Bonchev–Trinajstić information content (AvgIpc) is 2.01. The molecule has 3 nitrogen and oxygen atoms in total. The topological polar surface area (TPSA) is 41.5 Å². The molecule has 0 rings (SSSR count). The summed E-state index contributed by atoms with van der Waals surface area (Å²) in [4.78, 5) is 0. The number of rotatable bonds is 6. The molecule has 0 fully saturated rings. The Kier molecular flexibility index (Phi) is 6.29. The summed E-state index contributed by atoms with van der Waals surface area (Å²) in [5.41, 5.74) is 0.257. The van der Waals surface area contributed by atoms with Crippen molar-refractivity contribution in [1.82, 2.24) is 5.32 Å². The normalized spacial score (nSPS) is 14.5. The van der Waals surface area contributed by atoms with E-state index in [-0.39, 0.29) is 18.1 Å². The van der Waals surface area contributed by atoms with Crippen LogP contribution in [0.15, 0.2) is 0 Å². The van der Waals surface area contributed by atoms with Crippen LogP contribution in [0.4, 0.5) is 0 Å². The second-order valence-corrected chi connectivity index (χ2v) is 4.59. The summed E-state index contributed by atoms with van der Waals surface area (Å²) in [7, 11) is 1.68. The van der Waals surface area contributed by atoms with E-state index < -0.39 is 0 Å². The monoisotopic (exact) mass is 189 g/mol. The summed E-state index contributed by atoms with van der Waals surface area (Å²) in [6, 6.07) is 0.190. The fourth-order valence-electron chi connectivity index (χ4n) is 1.31. The summed E-state index contributed by atoms with van der Waals surface area (Å²) in [5.74, 6) is 0. The third-order valence-corrected chi connectivity index (χ3v) is 1.82. The first kappa shape index (κ1) is 12.9. The van der Waals surface area contributed by atoms with Gasteiger partial charge in [0.05, 0.1) is 13.2 Å². The molecule has 0 aromatic rings. The maximum atomic E-state index is 9.09. The molecule has 0 spiro atoms. The average molecular weight is 189 g/mol. The molecule has 0 radical (unpaired) electrons. The van der Waals surface area contributed by atoms with Crippen LogP contribution in [-0.2, 0) is 4.74 Å². The maximum absolute atomic E-state index is 9.09. The van der Waals surface area contributed by atoms with Crippen LogP contribution < -0.4 is 5.32 Å². The van der Waals surface area contributed by atoms with Crippen molar-refractivity contribution in [3.63, 3.8) is 0 Å². The van der Waals surface area contributed by atoms with Gasteiger partial charge in [0.1, 0.15) is 0 Å². The zero-order chi connectivity index (χ0) is 10.3. The second kappa shape index (κ2) is 6.35. The van der Waals surface area contributed by atoms with Crippen LogP contribution in [0, 0.1) is 5.41 Å². The Hall–Kier alpha value is -0.120. The molecule has 0 bridgehead atoms. The van der Waals surface area contributed by atoms with Crippen LogP contribution in [0.25, 0.3) is 0 Å². The molecule has 1 unspecified atom stereocenters. The van der Waals surface area contributed by atoms with Gasteiger partial charge in [-0.1, -0.05) is 20.8 Å². The highest BCUT2D eigenvalue weighted by molar-refractivity contribution is 4.73. The summed E-state index contributed by atoms with van der Waals surface area (Å²) in [6.07, 6.45) is 0.979. The number of methoxy groups -OCH3 is 1. The minimum atomic E-state index is 0.190. The van der Waals surface area contributed by atoms with Crippen molar-refractivity contribution in [2.45, 2.75) is 33.2 Å². The molecule has 0 aliphatic carbocycles. The SMILES string of the molecule is COCCNC(CO)CC(C)(C)C. The van der Waals surface area contributed by atoms with Crippen molar-refractivity contribution in [3.05, 3.63) is 0 Å². The molecule has 1 atom stereocenters. The van der Waals surface area contributed by atoms with Crippen LogP contribution in [0.2, 0.25) is 0 Å². The number of ether oxygens (including phenoxy) is 1. The van der Waals surface area contributed by atoms with E-state index >= 15 is 0 Å². The van der Waals surface area contributed by atoms with Gasteiger partial charge in [0, 0.05) is 19.7 Å². The third-order valence-electron chi connectivity index (χ3n) is 1.82. The molecule has 0 aromatic carbocycles. The molecule has 0 amide bonds. The van der Waals surface area contributed by atoms with Gasteiger partial charge >= 0.3 is 0 Å². The van der Waals surface area contributed by atoms with Crippen molar-refractivity contribution in [3.8, 4) is 0 Å². The molecule has 3 heteroatoms.